The number of hydrogen-bond acceptors (Lipinski definition) is 4. The van der Waals surface area contributed by atoms with E-state index in [1.54, 1.807) is 32.2 Å². The van der Waals surface area contributed by atoms with Crippen molar-refractivity contribution in [3.8, 4) is 0 Å². The van der Waals surface area contributed by atoms with E-state index >= 15 is 0 Å². The number of carbonyl (C=O) groups is 1. The molecule has 0 bridgehead atoms. The van der Waals surface area contributed by atoms with Gasteiger partial charge in [0.2, 0.25) is 0 Å². The molecule has 0 aliphatic rings. The number of carbonyl (C=O) groups excluding carboxylic acids is 1. The van der Waals surface area contributed by atoms with Gasteiger partial charge in [-0.1, -0.05) is 18.2 Å². The topological polar surface area (TPSA) is 55.6 Å². The zero-order chi connectivity index (χ0) is 15.2. The van der Waals surface area contributed by atoms with Crippen LogP contribution in [0, 0.1) is 12.7 Å². The highest BCUT2D eigenvalue weighted by Crippen LogP contribution is 2.14. The van der Waals surface area contributed by atoms with Crippen molar-refractivity contribution in [3.05, 3.63) is 53.5 Å². The van der Waals surface area contributed by atoms with E-state index in [2.05, 4.69) is 4.98 Å². The minimum absolute atomic E-state index is 0.154. The molecular weight excluding hydrogens is 275 g/mol. The number of aryl methyl sites for hydroxylation is 1. The molecule has 0 atom stereocenters. The summed E-state index contributed by atoms with van der Waals surface area (Å²) in [6, 6.07) is 6.37. The second kappa shape index (κ2) is 6.99. The number of oxazole rings is 1. The number of rotatable bonds is 6. The van der Waals surface area contributed by atoms with Crippen LogP contribution in [0.2, 0.25) is 0 Å². The van der Waals surface area contributed by atoms with E-state index in [1.807, 2.05) is 0 Å². The number of methoxy groups -OCH3 is 1. The standard InChI is InChI=1S/C15H17FN2O3/c1-11-14(17-10-21-11)15(19)18(7-8-20-2)9-12-5-3-4-6-13(12)16/h3-6,10H,7-9H2,1-2H3. The summed E-state index contributed by atoms with van der Waals surface area (Å²) in [5.41, 5.74) is 0.686. The number of benzene rings is 1. The Balaban J connectivity index is 2.20. The van der Waals surface area contributed by atoms with Crippen LogP contribution in [0.1, 0.15) is 21.8 Å². The molecule has 1 heterocycles. The number of hydrogen-bond donors (Lipinski definition) is 0. The van der Waals surface area contributed by atoms with E-state index in [1.165, 1.54) is 17.4 Å². The van der Waals surface area contributed by atoms with E-state index in [0.717, 1.165) is 0 Å². The Labute approximate surface area is 122 Å². The summed E-state index contributed by atoms with van der Waals surface area (Å²) < 4.78 is 23.8. The van der Waals surface area contributed by atoms with Crippen LogP contribution in [0.3, 0.4) is 0 Å². The Bertz CT molecular complexity index is 612. The first kappa shape index (κ1) is 15.2. The monoisotopic (exact) mass is 292 g/mol. The molecule has 0 aliphatic heterocycles. The van der Waals surface area contributed by atoms with Crippen LogP contribution < -0.4 is 0 Å². The van der Waals surface area contributed by atoms with Gasteiger partial charge in [0.05, 0.1) is 6.61 Å². The molecule has 1 amide bonds. The van der Waals surface area contributed by atoms with Gasteiger partial charge in [-0.2, -0.15) is 0 Å². The number of aromatic nitrogens is 1. The highest BCUT2D eigenvalue weighted by Gasteiger charge is 2.21. The van der Waals surface area contributed by atoms with Gasteiger partial charge in [-0.15, -0.1) is 0 Å². The van der Waals surface area contributed by atoms with Crippen molar-refractivity contribution < 1.29 is 18.3 Å². The van der Waals surface area contributed by atoms with Gasteiger partial charge in [-0.3, -0.25) is 4.79 Å². The quantitative estimate of drug-likeness (QED) is 0.820. The molecule has 2 rings (SSSR count). The summed E-state index contributed by atoms with van der Waals surface area (Å²) in [5, 5.41) is 0. The lowest BCUT2D eigenvalue weighted by Crippen LogP contribution is -2.34. The Hall–Kier alpha value is -2.21. The van der Waals surface area contributed by atoms with E-state index < -0.39 is 0 Å². The maximum atomic E-state index is 13.8. The van der Waals surface area contributed by atoms with Crippen molar-refractivity contribution in [1.29, 1.82) is 0 Å². The molecule has 0 radical (unpaired) electrons. The van der Waals surface area contributed by atoms with Crippen LogP contribution in [0.5, 0.6) is 0 Å². The molecule has 21 heavy (non-hydrogen) atoms. The number of amides is 1. The van der Waals surface area contributed by atoms with Gasteiger partial charge in [0, 0.05) is 25.8 Å². The van der Waals surface area contributed by atoms with Gasteiger partial charge in [0.25, 0.3) is 5.91 Å². The van der Waals surface area contributed by atoms with Crippen LogP contribution in [0.4, 0.5) is 4.39 Å². The molecule has 0 aliphatic carbocycles. The fourth-order valence-corrected chi connectivity index (χ4v) is 1.95. The molecule has 0 saturated carbocycles. The lowest BCUT2D eigenvalue weighted by atomic mass is 10.2. The minimum Gasteiger partial charge on any atom is -0.448 e. The Morgan fingerprint density at radius 1 is 1.43 bits per heavy atom. The fraction of sp³-hybridized carbons (Fsp3) is 0.333. The van der Waals surface area contributed by atoms with E-state index in [-0.39, 0.29) is 24.0 Å². The van der Waals surface area contributed by atoms with Crippen molar-refractivity contribution in [2.75, 3.05) is 20.3 Å². The first-order valence-corrected chi connectivity index (χ1v) is 6.55. The van der Waals surface area contributed by atoms with Crippen molar-refractivity contribution in [3.63, 3.8) is 0 Å². The van der Waals surface area contributed by atoms with Crippen LogP contribution in [-0.4, -0.2) is 36.1 Å². The third kappa shape index (κ3) is 3.66. The number of halogens is 1. The van der Waals surface area contributed by atoms with Crippen LogP contribution >= 0.6 is 0 Å². The predicted molar refractivity (Wildman–Crippen MR) is 74.3 cm³/mol. The molecule has 0 N–H and O–H groups in total. The zero-order valence-electron chi connectivity index (χ0n) is 12.0. The van der Waals surface area contributed by atoms with Crippen molar-refractivity contribution >= 4 is 5.91 Å². The molecule has 0 unspecified atom stereocenters. The largest absolute Gasteiger partial charge is 0.448 e. The van der Waals surface area contributed by atoms with E-state index in [9.17, 15) is 9.18 Å². The molecule has 1 aromatic heterocycles. The molecule has 2 aromatic rings. The van der Waals surface area contributed by atoms with E-state index in [4.69, 9.17) is 9.15 Å². The minimum atomic E-state index is -0.343. The lowest BCUT2D eigenvalue weighted by molar-refractivity contribution is 0.0671. The van der Waals surface area contributed by atoms with Crippen LogP contribution in [-0.2, 0) is 11.3 Å². The summed E-state index contributed by atoms with van der Waals surface area (Å²) >= 11 is 0. The van der Waals surface area contributed by atoms with Crippen molar-refractivity contribution in [2.45, 2.75) is 13.5 Å². The maximum Gasteiger partial charge on any atom is 0.276 e. The smallest absolute Gasteiger partial charge is 0.276 e. The number of ether oxygens (including phenoxy) is 1. The maximum absolute atomic E-state index is 13.8. The van der Waals surface area contributed by atoms with Gasteiger partial charge in [0.1, 0.15) is 11.6 Å². The second-order valence-corrected chi connectivity index (χ2v) is 4.57. The zero-order valence-corrected chi connectivity index (χ0v) is 12.0. The third-order valence-corrected chi connectivity index (χ3v) is 3.12. The molecule has 6 heteroatoms. The predicted octanol–water partition coefficient (Wildman–Crippen LogP) is 2.41. The first-order chi connectivity index (χ1) is 10.1. The van der Waals surface area contributed by atoms with E-state index in [0.29, 0.717) is 24.5 Å². The average molecular weight is 292 g/mol. The van der Waals surface area contributed by atoms with Gasteiger partial charge in [0.15, 0.2) is 12.1 Å². The molecule has 5 nitrogen and oxygen atoms in total. The summed E-state index contributed by atoms with van der Waals surface area (Å²) in [7, 11) is 1.55. The fourth-order valence-electron chi connectivity index (χ4n) is 1.95. The molecule has 0 fully saturated rings. The van der Waals surface area contributed by atoms with Crippen molar-refractivity contribution in [2.24, 2.45) is 0 Å². The van der Waals surface area contributed by atoms with Crippen LogP contribution in [0.15, 0.2) is 35.1 Å². The first-order valence-electron chi connectivity index (χ1n) is 6.55. The number of nitrogens with zero attached hydrogens (tertiary/aromatic N) is 2. The second-order valence-electron chi connectivity index (χ2n) is 4.57. The highest BCUT2D eigenvalue weighted by molar-refractivity contribution is 5.93. The summed E-state index contributed by atoms with van der Waals surface area (Å²) in [5.74, 6) is -0.206. The van der Waals surface area contributed by atoms with Gasteiger partial charge in [-0.05, 0) is 13.0 Å². The van der Waals surface area contributed by atoms with Crippen LogP contribution in [0.25, 0.3) is 0 Å². The van der Waals surface area contributed by atoms with Gasteiger partial charge < -0.3 is 14.1 Å². The summed E-state index contributed by atoms with van der Waals surface area (Å²) in [6.07, 6.45) is 1.22. The Morgan fingerprint density at radius 2 is 2.19 bits per heavy atom. The normalized spacial score (nSPS) is 10.6. The third-order valence-electron chi connectivity index (χ3n) is 3.12. The van der Waals surface area contributed by atoms with Crippen molar-refractivity contribution in [1.82, 2.24) is 9.88 Å². The Morgan fingerprint density at radius 3 is 2.81 bits per heavy atom. The molecular formula is C15H17FN2O3. The molecule has 1 aromatic carbocycles. The lowest BCUT2D eigenvalue weighted by Gasteiger charge is -2.22. The Kier molecular flexibility index (Phi) is 5.05. The summed E-state index contributed by atoms with van der Waals surface area (Å²) in [6.45, 7) is 2.52. The SMILES string of the molecule is COCCN(Cc1ccccc1F)C(=O)c1ncoc1C. The molecule has 0 spiro atoms. The highest BCUT2D eigenvalue weighted by atomic mass is 19.1. The summed E-state index contributed by atoms with van der Waals surface area (Å²) in [4.78, 5) is 17.9. The van der Waals surface area contributed by atoms with Gasteiger partial charge in [-0.25, -0.2) is 9.37 Å². The average Bonchev–Trinajstić information content (AvgIpc) is 2.91. The van der Waals surface area contributed by atoms with Gasteiger partial charge >= 0.3 is 0 Å². The molecule has 112 valence electrons. The molecule has 0 saturated heterocycles.